The van der Waals surface area contributed by atoms with Crippen molar-refractivity contribution in [2.75, 3.05) is 31.1 Å². The number of rotatable bonds is 2. The molecule has 2 aliphatic rings. The van der Waals surface area contributed by atoms with E-state index in [-0.39, 0.29) is 0 Å². The molecule has 2 aliphatic heterocycles. The highest BCUT2D eigenvalue weighted by Crippen LogP contribution is 2.22. The first kappa shape index (κ1) is 12.0. The van der Waals surface area contributed by atoms with Crippen LogP contribution in [0.4, 0.5) is 5.95 Å². The van der Waals surface area contributed by atoms with E-state index in [2.05, 4.69) is 26.7 Å². The molecule has 3 rings (SSSR count). The van der Waals surface area contributed by atoms with Gasteiger partial charge in [0.25, 0.3) is 0 Å². The third kappa shape index (κ3) is 2.37. The molecule has 3 N–H and O–H groups in total. The van der Waals surface area contributed by atoms with Crippen molar-refractivity contribution in [2.24, 2.45) is 5.73 Å². The van der Waals surface area contributed by atoms with Crippen LogP contribution in [-0.2, 0) is 0 Å². The van der Waals surface area contributed by atoms with Gasteiger partial charge in [0.1, 0.15) is 0 Å². The Morgan fingerprint density at radius 3 is 2.72 bits per heavy atom. The molecule has 0 saturated carbocycles. The van der Waals surface area contributed by atoms with Crippen molar-refractivity contribution in [3.63, 3.8) is 0 Å². The third-order valence-corrected chi connectivity index (χ3v) is 4.24. The number of imidazole rings is 1. The molecule has 1 unspecified atom stereocenters. The molecule has 5 nitrogen and oxygen atoms in total. The van der Waals surface area contributed by atoms with E-state index >= 15 is 0 Å². The molecule has 0 spiro atoms. The molecule has 100 valence electrons. The highest BCUT2D eigenvalue weighted by atomic mass is 15.3. The lowest BCUT2D eigenvalue weighted by atomic mass is 10.0. The SMILES string of the molecule is Cc1cnc(N2CCC(N3CCC(N)CC3)C2)[nH]1. The van der Waals surface area contributed by atoms with Crippen molar-refractivity contribution in [1.29, 1.82) is 0 Å². The summed E-state index contributed by atoms with van der Waals surface area (Å²) in [5.41, 5.74) is 7.10. The van der Waals surface area contributed by atoms with Crippen LogP contribution in [0.25, 0.3) is 0 Å². The number of nitrogens with one attached hydrogen (secondary N) is 1. The second-order valence-electron chi connectivity index (χ2n) is 5.65. The zero-order chi connectivity index (χ0) is 12.5. The number of anilines is 1. The van der Waals surface area contributed by atoms with E-state index in [1.165, 1.54) is 6.42 Å². The number of H-pyrrole nitrogens is 1. The minimum atomic E-state index is 0.423. The average Bonchev–Trinajstić information content (AvgIpc) is 2.98. The molecule has 3 heterocycles. The van der Waals surface area contributed by atoms with Crippen molar-refractivity contribution < 1.29 is 0 Å². The van der Waals surface area contributed by atoms with Crippen LogP contribution < -0.4 is 10.6 Å². The summed E-state index contributed by atoms with van der Waals surface area (Å²) in [5, 5.41) is 0. The van der Waals surface area contributed by atoms with E-state index in [4.69, 9.17) is 5.73 Å². The topological polar surface area (TPSA) is 61.2 Å². The second kappa shape index (κ2) is 4.90. The van der Waals surface area contributed by atoms with E-state index in [0.29, 0.717) is 12.1 Å². The summed E-state index contributed by atoms with van der Waals surface area (Å²) >= 11 is 0. The minimum absolute atomic E-state index is 0.423. The third-order valence-electron chi connectivity index (χ3n) is 4.24. The summed E-state index contributed by atoms with van der Waals surface area (Å²) in [7, 11) is 0. The lowest BCUT2D eigenvalue weighted by Gasteiger charge is -2.34. The fraction of sp³-hybridized carbons (Fsp3) is 0.769. The summed E-state index contributed by atoms with van der Waals surface area (Å²) in [5.74, 6) is 1.03. The number of aromatic nitrogens is 2. The number of nitrogens with two attached hydrogens (primary N) is 1. The van der Waals surface area contributed by atoms with Crippen molar-refractivity contribution >= 4 is 5.95 Å². The van der Waals surface area contributed by atoms with E-state index in [1.54, 1.807) is 0 Å². The monoisotopic (exact) mass is 249 g/mol. The molecule has 0 bridgehead atoms. The average molecular weight is 249 g/mol. The van der Waals surface area contributed by atoms with Gasteiger partial charge in [0.05, 0.1) is 0 Å². The summed E-state index contributed by atoms with van der Waals surface area (Å²) in [6, 6.07) is 1.11. The normalized spacial score (nSPS) is 27.0. The van der Waals surface area contributed by atoms with Crippen LogP contribution in [-0.4, -0.2) is 53.1 Å². The van der Waals surface area contributed by atoms with Gasteiger partial charge in [0, 0.05) is 37.1 Å². The number of likely N-dealkylation sites (tertiary alicyclic amines) is 1. The Labute approximate surface area is 108 Å². The van der Waals surface area contributed by atoms with Gasteiger partial charge in [-0.25, -0.2) is 4.98 Å². The summed E-state index contributed by atoms with van der Waals surface area (Å²) in [6.45, 7) is 6.59. The largest absolute Gasteiger partial charge is 0.341 e. The van der Waals surface area contributed by atoms with Crippen molar-refractivity contribution in [1.82, 2.24) is 14.9 Å². The predicted molar refractivity (Wildman–Crippen MR) is 72.7 cm³/mol. The van der Waals surface area contributed by atoms with Gasteiger partial charge >= 0.3 is 0 Å². The molecule has 2 saturated heterocycles. The van der Waals surface area contributed by atoms with Crippen LogP contribution in [0.3, 0.4) is 0 Å². The fourth-order valence-electron chi connectivity index (χ4n) is 3.08. The minimum Gasteiger partial charge on any atom is -0.341 e. The molecular formula is C13H23N5. The van der Waals surface area contributed by atoms with Crippen molar-refractivity contribution in [3.8, 4) is 0 Å². The molecule has 1 aromatic rings. The molecular weight excluding hydrogens is 226 g/mol. The maximum Gasteiger partial charge on any atom is 0.203 e. The van der Waals surface area contributed by atoms with E-state index in [1.807, 2.05) is 6.20 Å². The van der Waals surface area contributed by atoms with Crippen LogP contribution >= 0.6 is 0 Å². The van der Waals surface area contributed by atoms with E-state index < -0.39 is 0 Å². The quantitative estimate of drug-likeness (QED) is 0.811. The summed E-state index contributed by atoms with van der Waals surface area (Å²) < 4.78 is 0. The molecule has 0 aliphatic carbocycles. The Bertz CT molecular complexity index is 394. The molecule has 0 aromatic carbocycles. The first-order valence-electron chi connectivity index (χ1n) is 6.98. The van der Waals surface area contributed by atoms with Crippen LogP contribution in [0.5, 0.6) is 0 Å². The molecule has 2 fully saturated rings. The van der Waals surface area contributed by atoms with E-state index in [9.17, 15) is 0 Å². The zero-order valence-corrected chi connectivity index (χ0v) is 11.1. The molecule has 0 radical (unpaired) electrons. The van der Waals surface area contributed by atoms with Crippen LogP contribution in [0.1, 0.15) is 25.0 Å². The van der Waals surface area contributed by atoms with Crippen LogP contribution in [0.2, 0.25) is 0 Å². The van der Waals surface area contributed by atoms with Gasteiger partial charge in [0.2, 0.25) is 5.95 Å². The second-order valence-corrected chi connectivity index (χ2v) is 5.65. The van der Waals surface area contributed by atoms with Gasteiger partial charge < -0.3 is 15.6 Å². The zero-order valence-electron chi connectivity index (χ0n) is 11.1. The Hall–Kier alpha value is -1.07. The Balaban J connectivity index is 1.58. The number of aromatic amines is 1. The number of nitrogens with zero attached hydrogens (tertiary/aromatic N) is 3. The summed E-state index contributed by atoms with van der Waals surface area (Å²) in [4.78, 5) is 12.7. The Morgan fingerprint density at radius 1 is 1.28 bits per heavy atom. The van der Waals surface area contributed by atoms with Crippen molar-refractivity contribution in [3.05, 3.63) is 11.9 Å². The maximum atomic E-state index is 5.96. The number of hydrogen-bond acceptors (Lipinski definition) is 4. The fourth-order valence-corrected chi connectivity index (χ4v) is 3.08. The first-order valence-corrected chi connectivity index (χ1v) is 6.98. The first-order chi connectivity index (χ1) is 8.72. The van der Waals surface area contributed by atoms with Gasteiger partial charge in [-0.3, -0.25) is 4.90 Å². The van der Waals surface area contributed by atoms with Gasteiger partial charge in [-0.05, 0) is 39.3 Å². The number of hydrogen-bond donors (Lipinski definition) is 2. The predicted octanol–water partition coefficient (Wildman–Crippen LogP) is 0.720. The van der Waals surface area contributed by atoms with E-state index in [0.717, 1.165) is 50.7 Å². The smallest absolute Gasteiger partial charge is 0.203 e. The van der Waals surface area contributed by atoms with Gasteiger partial charge in [0.15, 0.2) is 0 Å². The molecule has 0 amide bonds. The summed E-state index contributed by atoms with van der Waals surface area (Å²) in [6.07, 6.45) is 5.45. The lowest BCUT2D eigenvalue weighted by Crippen LogP contribution is -2.46. The van der Waals surface area contributed by atoms with Crippen LogP contribution in [0, 0.1) is 6.92 Å². The maximum absolute atomic E-state index is 5.96. The molecule has 5 heteroatoms. The number of piperidine rings is 1. The lowest BCUT2D eigenvalue weighted by molar-refractivity contribution is 0.163. The number of aryl methyl sites for hydroxylation is 1. The van der Waals surface area contributed by atoms with Crippen LogP contribution in [0.15, 0.2) is 6.20 Å². The Kier molecular flexibility index (Phi) is 3.26. The van der Waals surface area contributed by atoms with Crippen molar-refractivity contribution in [2.45, 2.75) is 38.3 Å². The van der Waals surface area contributed by atoms with Gasteiger partial charge in [-0.15, -0.1) is 0 Å². The molecule has 18 heavy (non-hydrogen) atoms. The standard InChI is InChI=1S/C13H23N5/c1-10-8-15-13(16-10)18-7-4-12(9-18)17-5-2-11(14)3-6-17/h8,11-12H,2-7,9,14H2,1H3,(H,15,16). The highest BCUT2D eigenvalue weighted by Gasteiger charge is 2.30. The Morgan fingerprint density at radius 2 is 2.06 bits per heavy atom. The highest BCUT2D eigenvalue weighted by molar-refractivity contribution is 5.33. The molecule has 1 aromatic heterocycles. The molecule has 1 atom stereocenters. The van der Waals surface area contributed by atoms with Gasteiger partial charge in [-0.1, -0.05) is 0 Å². The van der Waals surface area contributed by atoms with Gasteiger partial charge in [-0.2, -0.15) is 0 Å².